The minimum absolute atomic E-state index is 0.00789. The van der Waals surface area contributed by atoms with Crippen molar-refractivity contribution in [1.82, 2.24) is 0 Å². The summed E-state index contributed by atoms with van der Waals surface area (Å²) in [5.74, 6) is -0.0190. The molecule has 0 aromatic heterocycles. The van der Waals surface area contributed by atoms with Crippen LogP contribution in [-0.2, 0) is 0 Å². The molecule has 108 valence electrons. The molecule has 0 aliphatic heterocycles. The number of hydrogen-bond acceptors (Lipinski definition) is 0. The molecule has 0 heterocycles. The van der Waals surface area contributed by atoms with E-state index in [0.29, 0.717) is 20.1 Å². The highest BCUT2D eigenvalue weighted by Crippen LogP contribution is 2.66. The van der Waals surface area contributed by atoms with Gasteiger partial charge in [0.1, 0.15) is 3.23 Å². The first kappa shape index (κ1) is 16.9. The van der Waals surface area contributed by atoms with Crippen molar-refractivity contribution in [2.24, 2.45) is 0 Å². The third kappa shape index (κ3) is 2.16. The predicted octanol–water partition coefficient (Wildman–Crippen LogP) is 8.02. The summed E-state index contributed by atoms with van der Waals surface area (Å²) in [5.41, 5.74) is 1.85. The molecule has 0 radical (unpaired) electrons. The van der Waals surface area contributed by atoms with Gasteiger partial charge >= 0.3 is 0 Å². The molecule has 0 spiro atoms. The summed E-state index contributed by atoms with van der Waals surface area (Å²) in [5, 5.41) is 1.54. The van der Waals surface area contributed by atoms with Crippen molar-refractivity contribution in [3.63, 3.8) is 0 Å². The predicted molar refractivity (Wildman–Crippen MR) is 102 cm³/mol. The van der Waals surface area contributed by atoms with E-state index in [1.165, 1.54) is 0 Å². The van der Waals surface area contributed by atoms with Crippen LogP contribution in [0.1, 0.15) is 23.0 Å². The van der Waals surface area contributed by atoms with Crippen LogP contribution in [0.2, 0.25) is 20.1 Å². The van der Waals surface area contributed by atoms with Crippen LogP contribution in [-0.4, -0.2) is 8.06 Å². The van der Waals surface area contributed by atoms with Crippen molar-refractivity contribution in [3.05, 3.63) is 41.8 Å². The van der Waals surface area contributed by atoms with Gasteiger partial charge in [-0.05, 0) is 11.1 Å². The van der Waals surface area contributed by atoms with E-state index >= 15 is 0 Å². The van der Waals surface area contributed by atoms with Gasteiger partial charge in [-0.15, -0.1) is 0 Å². The molecule has 0 saturated heterocycles. The molecular weight excluding hydrogens is 606 g/mol. The summed E-state index contributed by atoms with van der Waals surface area (Å²) >= 11 is 40.1. The highest BCUT2D eigenvalue weighted by atomic mass is 79.9. The zero-order valence-corrected chi connectivity index (χ0v) is 18.7. The largest absolute Gasteiger partial charge is 0.104 e. The van der Waals surface area contributed by atoms with E-state index < -0.39 is 0 Å². The Morgan fingerprint density at radius 1 is 0.900 bits per heavy atom. The highest BCUT2D eigenvalue weighted by molar-refractivity contribution is 9.26. The number of allylic oxidation sites excluding steroid dienone is 2. The average Bonchev–Trinajstić information content (AvgIpc) is 2.39. The molecule has 0 unspecified atom stereocenters. The maximum absolute atomic E-state index is 6.43. The molecule has 4 rings (SSSR count). The first-order valence-electron chi connectivity index (χ1n) is 5.44. The SMILES string of the molecule is Clc1c(Cl)c(Cl)c2c(c1Cl)[C@H]1C=C(Br)[C@@H]2[C@H](Br)C1(Br)Br. The maximum Gasteiger partial charge on any atom is 0.104 e. The molecule has 2 bridgehead atoms. The summed E-state index contributed by atoms with van der Waals surface area (Å²) in [6, 6.07) is 0. The molecule has 3 aliphatic rings. The van der Waals surface area contributed by atoms with E-state index in [0.717, 1.165) is 15.6 Å². The topological polar surface area (TPSA) is 0 Å². The lowest BCUT2D eigenvalue weighted by atomic mass is 9.71. The Balaban J connectivity index is 2.42. The Kier molecular flexibility index (Phi) is 4.68. The van der Waals surface area contributed by atoms with E-state index in [1.807, 2.05) is 0 Å². The molecule has 3 aliphatic carbocycles. The summed E-state index contributed by atoms with van der Waals surface area (Å²) in [7, 11) is 0. The Bertz CT molecular complexity index is 656. The second-order valence-corrected chi connectivity index (χ2v) is 11.8. The van der Waals surface area contributed by atoms with Gasteiger partial charge in [-0.2, -0.15) is 0 Å². The number of halogens is 8. The van der Waals surface area contributed by atoms with Crippen LogP contribution in [0.3, 0.4) is 0 Å². The monoisotopic (exact) mass is 604 g/mol. The van der Waals surface area contributed by atoms with Gasteiger partial charge in [0.15, 0.2) is 0 Å². The van der Waals surface area contributed by atoms with Crippen molar-refractivity contribution >= 4 is 110 Å². The number of rotatable bonds is 0. The minimum Gasteiger partial charge on any atom is -0.0855 e. The third-order valence-electron chi connectivity index (χ3n) is 3.66. The molecule has 0 saturated carbocycles. The van der Waals surface area contributed by atoms with Crippen LogP contribution in [0, 0.1) is 0 Å². The van der Waals surface area contributed by atoms with E-state index in [9.17, 15) is 0 Å². The molecule has 1 aromatic rings. The van der Waals surface area contributed by atoms with Gasteiger partial charge < -0.3 is 0 Å². The van der Waals surface area contributed by atoms with E-state index in [2.05, 4.69) is 69.8 Å². The first-order chi connectivity index (χ1) is 9.19. The lowest BCUT2D eigenvalue weighted by Gasteiger charge is -2.49. The van der Waals surface area contributed by atoms with Crippen LogP contribution in [0.15, 0.2) is 10.6 Å². The van der Waals surface area contributed by atoms with Crippen molar-refractivity contribution in [2.45, 2.75) is 19.9 Å². The normalized spacial score (nSPS) is 30.2. The van der Waals surface area contributed by atoms with Crippen LogP contribution in [0.4, 0.5) is 0 Å². The molecule has 0 amide bonds. The zero-order valence-electron chi connectivity index (χ0n) is 9.33. The molecule has 3 atom stereocenters. The number of fused-ring (bicyclic) bond motifs is 1. The Labute approximate surface area is 170 Å². The highest BCUT2D eigenvalue weighted by Gasteiger charge is 2.55. The third-order valence-corrected chi connectivity index (χ3v) is 10.7. The number of hydrogen-bond donors (Lipinski definition) is 0. The van der Waals surface area contributed by atoms with Crippen molar-refractivity contribution in [3.8, 4) is 0 Å². The van der Waals surface area contributed by atoms with Gasteiger partial charge in [0.25, 0.3) is 0 Å². The fourth-order valence-corrected chi connectivity index (χ4v) is 7.06. The number of benzene rings is 1. The standard InChI is InChI=1S/C12H4Br4Cl4/c13-3-1-2-4-6(5(3)11(14)12(2,15)16)8(18)10(20)9(19)7(4)17/h1-2,5,11H/t2-,5+,11+/m1/s1. The second kappa shape index (κ2) is 5.54. The molecule has 0 N–H and O–H groups in total. The van der Waals surface area contributed by atoms with Gasteiger partial charge in [0.05, 0.1) is 24.9 Å². The Morgan fingerprint density at radius 2 is 1.40 bits per heavy atom. The minimum atomic E-state index is -0.362. The molecule has 0 fully saturated rings. The van der Waals surface area contributed by atoms with Gasteiger partial charge in [-0.25, -0.2) is 0 Å². The smallest absolute Gasteiger partial charge is 0.0855 e. The zero-order chi connectivity index (χ0) is 15.0. The van der Waals surface area contributed by atoms with Crippen molar-refractivity contribution in [2.75, 3.05) is 0 Å². The second-order valence-electron chi connectivity index (χ2n) is 4.67. The lowest BCUT2D eigenvalue weighted by Crippen LogP contribution is -2.45. The van der Waals surface area contributed by atoms with Gasteiger partial charge in [-0.1, -0.05) is 116 Å². The van der Waals surface area contributed by atoms with Crippen molar-refractivity contribution in [1.29, 1.82) is 0 Å². The van der Waals surface area contributed by atoms with Gasteiger partial charge in [0.2, 0.25) is 0 Å². The quantitative estimate of drug-likeness (QED) is 0.159. The van der Waals surface area contributed by atoms with Gasteiger partial charge in [0, 0.05) is 16.3 Å². The summed E-state index contributed by atoms with van der Waals surface area (Å²) in [6.45, 7) is 0. The Hall–Kier alpha value is 2.04. The van der Waals surface area contributed by atoms with E-state index in [1.54, 1.807) is 0 Å². The first-order valence-corrected chi connectivity index (χ1v) is 10.2. The summed E-state index contributed by atoms with van der Waals surface area (Å²) in [4.78, 5) is 0.0812. The maximum atomic E-state index is 6.43. The molecule has 8 heteroatoms. The summed E-state index contributed by atoms with van der Waals surface area (Å²) < 4.78 is 0.696. The molecular formula is C12H4Br4Cl4. The summed E-state index contributed by atoms with van der Waals surface area (Å²) in [6.07, 6.45) is 2.11. The Morgan fingerprint density at radius 3 is 1.95 bits per heavy atom. The average molecular weight is 610 g/mol. The van der Waals surface area contributed by atoms with Crippen molar-refractivity contribution < 1.29 is 0 Å². The lowest BCUT2D eigenvalue weighted by molar-refractivity contribution is 0.568. The molecule has 0 nitrogen and oxygen atoms in total. The van der Waals surface area contributed by atoms with Crippen LogP contribution in [0.5, 0.6) is 0 Å². The van der Waals surface area contributed by atoms with Crippen LogP contribution in [0.25, 0.3) is 0 Å². The number of alkyl halides is 3. The fourth-order valence-electron chi connectivity index (χ4n) is 2.74. The fraction of sp³-hybridized carbons (Fsp3) is 0.333. The van der Waals surface area contributed by atoms with Crippen LogP contribution >= 0.6 is 110 Å². The van der Waals surface area contributed by atoms with Gasteiger partial charge in [-0.3, -0.25) is 0 Å². The van der Waals surface area contributed by atoms with Crippen LogP contribution < -0.4 is 0 Å². The van der Waals surface area contributed by atoms with E-state index in [-0.39, 0.29) is 19.9 Å². The van der Waals surface area contributed by atoms with E-state index in [4.69, 9.17) is 46.4 Å². The molecule has 1 aromatic carbocycles. The molecule has 20 heavy (non-hydrogen) atoms.